The van der Waals surface area contributed by atoms with Crippen LogP contribution in [-0.4, -0.2) is 66.7 Å². The van der Waals surface area contributed by atoms with Gasteiger partial charge in [-0.3, -0.25) is 14.1 Å². The van der Waals surface area contributed by atoms with Crippen LogP contribution in [0.5, 0.6) is 5.75 Å². The highest BCUT2D eigenvalue weighted by Gasteiger charge is 2.37. The molecule has 1 aromatic rings. The van der Waals surface area contributed by atoms with Gasteiger partial charge in [-0.15, -0.1) is 6.42 Å². The first-order chi connectivity index (χ1) is 17.4. The molecule has 12 nitrogen and oxygen atoms in total. The highest BCUT2D eigenvalue weighted by molar-refractivity contribution is 7.86. The maximum atomic E-state index is 13.0. The van der Waals surface area contributed by atoms with Crippen molar-refractivity contribution in [1.29, 1.82) is 0 Å². The van der Waals surface area contributed by atoms with Crippen LogP contribution in [0, 0.1) is 24.2 Å². The molecule has 1 aliphatic heterocycles. The van der Waals surface area contributed by atoms with Crippen LogP contribution in [0.15, 0.2) is 24.3 Å². The van der Waals surface area contributed by atoms with Gasteiger partial charge in [0.15, 0.2) is 0 Å². The van der Waals surface area contributed by atoms with Gasteiger partial charge in [0, 0.05) is 12.5 Å². The first-order valence-electron chi connectivity index (χ1n) is 11.7. The second-order valence-electron chi connectivity index (χ2n) is 9.07. The lowest BCUT2D eigenvalue weighted by Gasteiger charge is -2.27. The number of nitrogens with one attached hydrogen (secondary N) is 3. The minimum Gasteiger partial charge on any atom is -0.481 e. The molecule has 0 bridgehead atoms. The zero-order chi connectivity index (χ0) is 27.6. The van der Waals surface area contributed by atoms with E-state index < -0.39 is 45.6 Å². The zero-order valence-electron chi connectivity index (χ0n) is 20.7. The number of aliphatic hydroxyl groups excluding tert-OH is 1. The first-order valence-corrected chi connectivity index (χ1v) is 13.2. The third kappa shape index (κ3) is 9.91. The molecule has 5 N–H and O–H groups in total. The molecule has 2 rings (SSSR count). The third-order valence-corrected chi connectivity index (χ3v) is 6.55. The van der Waals surface area contributed by atoms with Gasteiger partial charge >= 0.3 is 6.09 Å². The van der Waals surface area contributed by atoms with Crippen molar-refractivity contribution in [2.45, 2.75) is 57.2 Å². The molecule has 1 aliphatic rings. The number of carbonyl (C=O) groups excluding carboxylic acids is 3. The molecule has 0 spiro atoms. The monoisotopic (exact) mass is 539 g/mol. The lowest BCUT2D eigenvalue weighted by Crippen LogP contribution is -2.54. The number of ether oxygens (including phenoxy) is 2. The number of rotatable bonds is 13. The second kappa shape index (κ2) is 13.8. The SMILES string of the molecule is C#CCOc1ccc(COC(=O)N[C@@H](CC(C)C)C(=O)N[C@@H](C[C@@H]2CCNC2=O)C(O)S(=O)(=O)O)cc1. The van der Waals surface area contributed by atoms with E-state index in [-0.39, 0.29) is 37.9 Å². The average Bonchev–Trinajstić information content (AvgIpc) is 3.24. The molecule has 204 valence electrons. The maximum absolute atomic E-state index is 13.0. The summed E-state index contributed by atoms with van der Waals surface area (Å²) >= 11 is 0. The summed E-state index contributed by atoms with van der Waals surface area (Å²) < 4.78 is 43.0. The summed E-state index contributed by atoms with van der Waals surface area (Å²) in [5.74, 6) is 1.04. The van der Waals surface area contributed by atoms with Gasteiger partial charge in [0.2, 0.25) is 17.3 Å². The smallest absolute Gasteiger partial charge is 0.408 e. The van der Waals surface area contributed by atoms with E-state index in [0.717, 1.165) is 0 Å². The van der Waals surface area contributed by atoms with E-state index in [2.05, 4.69) is 21.9 Å². The molecule has 1 heterocycles. The molecule has 1 unspecified atom stereocenters. The van der Waals surface area contributed by atoms with Crippen molar-refractivity contribution >= 4 is 28.0 Å². The molecule has 37 heavy (non-hydrogen) atoms. The van der Waals surface area contributed by atoms with Gasteiger partial charge < -0.3 is 30.5 Å². The largest absolute Gasteiger partial charge is 0.481 e. The van der Waals surface area contributed by atoms with Crippen molar-refractivity contribution in [3.05, 3.63) is 29.8 Å². The number of hydrogen-bond acceptors (Lipinski definition) is 8. The molecular formula is C24H33N3O9S. The summed E-state index contributed by atoms with van der Waals surface area (Å²) in [4.78, 5) is 37.4. The lowest BCUT2D eigenvalue weighted by molar-refractivity contribution is -0.126. The maximum Gasteiger partial charge on any atom is 0.408 e. The molecular weight excluding hydrogens is 506 g/mol. The number of terminal acetylenes is 1. The number of benzene rings is 1. The van der Waals surface area contributed by atoms with E-state index in [1.54, 1.807) is 24.3 Å². The van der Waals surface area contributed by atoms with Gasteiger partial charge in [-0.1, -0.05) is 31.9 Å². The van der Waals surface area contributed by atoms with Gasteiger partial charge in [-0.25, -0.2) is 4.79 Å². The Balaban J connectivity index is 2.04. The van der Waals surface area contributed by atoms with Gasteiger partial charge in [0.25, 0.3) is 10.1 Å². The highest BCUT2D eigenvalue weighted by Crippen LogP contribution is 2.20. The van der Waals surface area contributed by atoms with Crippen LogP contribution in [0.4, 0.5) is 4.79 Å². The highest BCUT2D eigenvalue weighted by atomic mass is 32.2. The van der Waals surface area contributed by atoms with Crippen molar-refractivity contribution in [2.24, 2.45) is 11.8 Å². The van der Waals surface area contributed by atoms with Crippen LogP contribution >= 0.6 is 0 Å². The molecule has 0 aliphatic carbocycles. The Labute approximate surface area is 216 Å². The van der Waals surface area contributed by atoms with Gasteiger partial charge in [-0.2, -0.15) is 8.42 Å². The minimum absolute atomic E-state index is 0.0582. The van der Waals surface area contributed by atoms with E-state index in [1.807, 2.05) is 13.8 Å². The standard InChI is InChI=1S/C24H33N3O9S/c1-4-11-35-18-7-5-16(6-8-18)14-36-24(31)27-19(12-15(2)3)22(29)26-20(23(30)37(32,33)34)13-17-9-10-25-21(17)28/h1,5-8,15,17,19-20,23,30H,9-14H2,2-3H3,(H,25,28)(H,26,29)(H,27,31)(H,32,33,34)/t17-,19-,20-,23?/m0/s1. The normalized spacial score (nSPS) is 17.7. The minimum atomic E-state index is -4.95. The Bertz CT molecular complexity index is 1080. The fourth-order valence-electron chi connectivity index (χ4n) is 3.76. The van der Waals surface area contributed by atoms with Crippen molar-refractivity contribution < 1.29 is 41.9 Å². The Kier molecular flexibility index (Phi) is 11.2. The summed E-state index contributed by atoms with van der Waals surface area (Å²) in [6.45, 7) is 4.01. The Hall–Kier alpha value is -3.34. The summed E-state index contributed by atoms with van der Waals surface area (Å²) in [7, 11) is -4.95. The molecule has 0 saturated carbocycles. The average molecular weight is 540 g/mol. The zero-order valence-corrected chi connectivity index (χ0v) is 21.5. The van der Waals surface area contributed by atoms with Gasteiger partial charge in [-0.05, 0) is 42.9 Å². The fourth-order valence-corrected chi connectivity index (χ4v) is 4.35. The van der Waals surface area contributed by atoms with Crippen molar-refractivity contribution in [2.75, 3.05) is 13.2 Å². The number of hydrogen-bond donors (Lipinski definition) is 5. The van der Waals surface area contributed by atoms with Gasteiger partial charge in [0.05, 0.1) is 6.04 Å². The van der Waals surface area contributed by atoms with Crippen LogP contribution in [-0.2, 0) is 31.1 Å². The summed E-state index contributed by atoms with van der Waals surface area (Å²) in [5.41, 5.74) is -1.71. The van der Waals surface area contributed by atoms with E-state index in [4.69, 9.17) is 15.9 Å². The van der Waals surface area contributed by atoms with Crippen LogP contribution in [0.1, 0.15) is 38.7 Å². The van der Waals surface area contributed by atoms with E-state index >= 15 is 0 Å². The summed E-state index contributed by atoms with van der Waals surface area (Å²) in [5, 5.41) is 17.6. The van der Waals surface area contributed by atoms with Crippen LogP contribution in [0.3, 0.4) is 0 Å². The molecule has 1 fully saturated rings. The quantitative estimate of drug-likeness (QED) is 0.177. The molecule has 0 radical (unpaired) electrons. The number of aliphatic hydroxyl groups is 1. The molecule has 3 amide bonds. The van der Waals surface area contributed by atoms with Crippen LogP contribution in [0.25, 0.3) is 0 Å². The number of amides is 3. The van der Waals surface area contributed by atoms with Crippen molar-refractivity contribution in [1.82, 2.24) is 16.0 Å². The van der Waals surface area contributed by atoms with Crippen LogP contribution in [0.2, 0.25) is 0 Å². The summed E-state index contributed by atoms with van der Waals surface area (Å²) in [6, 6.07) is 4.05. The molecule has 1 saturated heterocycles. The Morgan fingerprint density at radius 2 is 1.92 bits per heavy atom. The Morgan fingerprint density at radius 3 is 2.46 bits per heavy atom. The second-order valence-corrected chi connectivity index (χ2v) is 10.6. The van der Waals surface area contributed by atoms with E-state index in [9.17, 15) is 32.5 Å². The molecule has 0 aromatic heterocycles. The van der Waals surface area contributed by atoms with E-state index in [0.29, 0.717) is 24.3 Å². The van der Waals surface area contributed by atoms with Gasteiger partial charge in [0.1, 0.15) is 25.0 Å². The fraction of sp³-hybridized carbons (Fsp3) is 0.542. The topological polar surface area (TPSA) is 180 Å². The Morgan fingerprint density at radius 1 is 1.24 bits per heavy atom. The predicted molar refractivity (Wildman–Crippen MR) is 133 cm³/mol. The third-order valence-electron chi connectivity index (χ3n) is 5.61. The van der Waals surface area contributed by atoms with Crippen LogP contribution < -0.4 is 20.7 Å². The predicted octanol–water partition coefficient (Wildman–Crippen LogP) is 0.557. The number of alkyl carbamates (subject to hydrolysis) is 1. The van der Waals surface area contributed by atoms with Crippen molar-refractivity contribution in [3.63, 3.8) is 0 Å². The number of carbonyl (C=O) groups is 3. The van der Waals surface area contributed by atoms with E-state index in [1.165, 1.54) is 0 Å². The van der Waals surface area contributed by atoms with Crippen molar-refractivity contribution in [3.8, 4) is 18.1 Å². The molecule has 1 aromatic carbocycles. The summed E-state index contributed by atoms with van der Waals surface area (Å²) in [6.07, 6.45) is 4.57. The first kappa shape index (κ1) is 29.9. The lowest BCUT2D eigenvalue weighted by atomic mass is 9.97. The molecule has 4 atom stereocenters. The molecule has 13 heteroatoms.